The minimum Gasteiger partial charge on any atom is -0.371 e. The van der Waals surface area contributed by atoms with Gasteiger partial charge < -0.3 is 10.2 Å². The van der Waals surface area contributed by atoms with E-state index < -0.39 is 0 Å². The molecule has 2 aliphatic heterocycles. The van der Waals surface area contributed by atoms with Crippen LogP contribution in [0.15, 0.2) is 18.2 Å². The molecule has 0 unspecified atom stereocenters. The third-order valence-corrected chi connectivity index (χ3v) is 4.09. The summed E-state index contributed by atoms with van der Waals surface area (Å²) in [5, 5.41) is 12.4. The first-order valence-corrected chi connectivity index (χ1v) is 6.24. The second kappa shape index (κ2) is 4.05. The smallest absolute Gasteiger partial charge is 0.0994 e. The number of anilines is 1. The average molecular weight is 227 g/mol. The number of benzene rings is 1. The standard InChI is InChI=1S/C14H17N3/c1-10-4-14(3-2-11(10)5-15)17-8-12-6-16-7-13(12)9-17/h2-4,12-13,16H,6-9H2,1H3/t12-,13+. The van der Waals surface area contributed by atoms with Gasteiger partial charge in [0, 0.05) is 31.9 Å². The lowest BCUT2D eigenvalue weighted by atomic mass is 10.0. The summed E-state index contributed by atoms with van der Waals surface area (Å²) in [6, 6.07) is 8.40. The van der Waals surface area contributed by atoms with Crippen LogP contribution in [0.25, 0.3) is 0 Å². The van der Waals surface area contributed by atoms with Gasteiger partial charge in [0.05, 0.1) is 11.6 Å². The van der Waals surface area contributed by atoms with Gasteiger partial charge in [0.2, 0.25) is 0 Å². The molecule has 0 spiro atoms. The lowest BCUT2D eigenvalue weighted by molar-refractivity contribution is 0.533. The van der Waals surface area contributed by atoms with E-state index in [1.54, 1.807) is 0 Å². The van der Waals surface area contributed by atoms with Gasteiger partial charge in [-0.25, -0.2) is 0 Å². The highest BCUT2D eigenvalue weighted by molar-refractivity contribution is 5.54. The van der Waals surface area contributed by atoms with Crippen LogP contribution in [0.1, 0.15) is 11.1 Å². The van der Waals surface area contributed by atoms with Gasteiger partial charge in [0.1, 0.15) is 0 Å². The Bertz CT molecular complexity index is 463. The predicted molar refractivity (Wildman–Crippen MR) is 68.0 cm³/mol. The van der Waals surface area contributed by atoms with Gasteiger partial charge in [-0.05, 0) is 42.5 Å². The molecule has 88 valence electrons. The zero-order valence-corrected chi connectivity index (χ0v) is 10.1. The lowest BCUT2D eigenvalue weighted by Gasteiger charge is -2.20. The Hall–Kier alpha value is -1.53. The SMILES string of the molecule is Cc1cc(N2C[C@H]3CNC[C@H]3C2)ccc1C#N. The fourth-order valence-electron chi connectivity index (χ4n) is 3.04. The van der Waals surface area contributed by atoms with E-state index in [0.717, 1.165) is 49.1 Å². The Labute approximate surface area is 102 Å². The van der Waals surface area contributed by atoms with E-state index >= 15 is 0 Å². The van der Waals surface area contributed by atoms with Crippen molar-refractivity contribution in [3.63, 3.8) is 0 Å². The van der Waals surface area contributed by atoms with Crippen molar-refractivity contribution in [1.82, 2.24) is 5.32 Å². The zero-order chi connectivity index (χ0) is 11.8. The van der Waals surface area contributed by atoms with Crippen LogP contribution >= 0.6 is 0 Å². The quantitative estimate of drug-likeness (QED) is 0.790. The molecule has 17 heavy (non-hydrogen) atoms. The molecule has 1 aromatic rings. The number of nitrogens with zero attached hydrogens (tertiary/aromatic N) is 2. The molecule has 2 atom stereocenters. The summed E-state index contributed by atoms with van der Waals surface area (Å²) < 4.78 is 0. The molecular weight excluding hydrogens is 210 g/mol. The molecule has 2 aliphatic rings. The highest BCUT2D eigenvalue weighted by Gasteiger charge is 2.36. The summed E-state index contributed by atoms with van der Waals surface area (Å²) in [5.74, 6) is 1.62. The van der Waals surface area contributed by atoms with E-state index in [0.29, 0.717) is 0 Å². The monoisotopic (exact) mass is 227 g/mol. The summed E-state index contributed by atoms with van der Waals surface area (Å²) in [6.07, 6.45) is 0. The molecule has 0 aromatic heterocycles. The molecule has 2 fully saturated rings. The average Bonchev–Trinajstić information content (AvgIpc) is 2.88. The van der Waals surface area contributed by atoms with Gasteiger partial charge in [-0.15, -0.1) is 0 Å². The van der Waals surface area contributed by atoms with Crippen molar-refractivity contribution in [3.05, 3.63) is 29.3 Å². The minimum absolute atomic E-state index is 0.787. The van der Waals surface area contributed by atoms with Crippen LogP contribution in [0.5, 0.6) is 0 Å². The van der Waals surface area contributed by atoms with Crippen molar-refractivity contribution in [2.24, 2.45) is 11.8 Å². The molecule has 0 aliphatic carbocycles. The molecular formula is C14H17N3. The molecule has 0 radical (unpaired) electrons. The van der Waals surface area contributed by atoms with E-state index in [-0.39, 0.29) is 0 Å². The van der Waals surface area contributed by atoms with Gasteiger partial charge in [-0.3, -0.25) is 0 Å². The van der Waals surface area contributed by atoms with Gasteiger partial charge in [0.15, 0.2) is 0 Å². The first-order valence-electron chi connectivity index (χ1n) is 6.24. The van der Waals surface area contributed by atoms with E-state index in [4.69, 9.17) is 5.26 Å². The number of nitrogens with one attached hydrogen (secondary N) is 1. The molecule has 3 rings (SSSR count). The number of hydrogen-bond acceptors (Lipinski definition) is 3. The van der Waals surface area contributed by atoms with Gasteiger partial charge in [-0.2, -0.15) is 5.26 Å². The first kappa shape index (κ1) is 10.6. The third kappa shape index (κ3) is 1.79. The van der Waals surface area contributed by atoms with E-state index in [1.165, 1.54) is 5.69 Å². The van der Waals surface area contributed by atoms with Crippen LogP contribution in [0.3, 0.4) is 0 Å². The Morgan fingerprint density at radius 2 is 2.00 bits per heavy atom. The number of fused-ring (bicyclic) bond motifs is 1. The molecule has 2 saturated heterocycles. The Morgan fingerprint density at radius 3 is 2.59 bits per heavy atom. The predicted octanol–water partition coefficient (Wildman–Crippen LogP) is 1.52. The molecule has 0 bridgehead atoms. The van der Waals surface area contributed by atoms with Gasteiger partial charge >= 0.3 is 0 Å². The fraction of sp³-hybridized carbons (Fsp3) is 0.500. The first-order chi connectivity index (χ1) is 8.28. The van der Waals surface area contributed by atoms with Gasteiger partial charge in [0.25, 0.3) is 0 Å². The Kier molecular flexibility index (Phi) is 2.53. The van der Waals surface area contributed by atoms with Crippen LogP contribution in [0.2, 0.25) is 0 Å². The topological polar surface area (TPSA) is 39.1 Å². The Morgan fingerprint density at radius 1 is 1.29 bits per heavy atom. The fourth-order valence-corrected chi connectivity index (χ4v) is 3.04. The summed E-state index contributed by atoms with van der Waals surface area (Å²) in [5.41, 5.74) is 3.14. The second-order valence-corrected chi connectivity index (χ2v) is 5.19. The van der Waals surface area contributed by atoms with Gasteiger partial charge in [-0.1, -0.05) is 0 Å². The zero-order valence-electron chi connectivity index (χ0n) is 10.1. The second-order valence-electron chi connectivity index (χ2n) is 5.19. The number of hydrogen-bond donors (Lipinski definition) is 1. The van der Waals surface area contributed by atoms with E-state index in [9.17, 15) is 0 Å². The molecule has 3 heteroatoms. The van der Waals surface area contributed by atoms with Crippen molar-refractivity contribution < 1.29 is 0 Å². The van der Waals surface area contributed by atoms with E-state index in [2.05, 4.69) is 28.4 Å². The maximum atomic E-state index is 8.93. The normalized spacial score (nSPS) is 26.9. The summed E-state index contributed by atoms with van der Waals surface area (Å²) >= 11 is 0. The highest BCUT2D eigenvalue weighted by atomic mass is 15.2. The van der Waals surface area contributed by atoms with Crippen LogP contribution in [-0.2, 0) is 0 Å². The third-order valence-electron chi connectivity index (χ3n) is 4.09. The summed E-state index contributed by atoms with van der Waals surface area (Å²) in [6.45, 7) is 6.65. The van der Waals surface area contributed by atoms with Crippen molar-refractivity contribution in [1.29, 1.82) is 5.26 Å². The lowest BCUT2D eigenvalue weighted by Crippen LogP contribution is -2.25. The summed E-state index contributed by atoms with van der Waals surface area (Å²) in [4.78, 5) is 2.46. The van der Waals surface area contributed by atoms with Crippen molar-refractivity contribution >= 4 is 5.69 Å². The number of rotatable bonds is 1. The van der Waals surface area contributed by atoms with Crippen LogP contribution in [-0.4, -0.2) is 26.2 Å². The van der Waals surface area contributed by atoms with Crippen molar-refractivity contribution in [3.8, 4) is 6.07 Å². The van der Waals surface area contributed by atoms with Crippen molar-refractivity contribution in [2.75, 3.05) is 31.1 Å². The molecule has 1 aromatic carbocycles. The molecule has 3 nitrogen and oxygen atoms in total. The molecule has 0 amide bonds. The minimum atomic E-state index is 0.787. The van der Waals surface area contributed by atoms with Crippen LogP contribution in [0, 0.1) is 30.1 Å². The largest absolute Gasteiger partial charge is 0.371 e. The molecule has 0 saturated carbocycles. The molecule has 2 heterocycles. The Balaban J connectivity index is 1.82. The van der Waals surface area contributed by atoms with Crippen molar-refractivity contribution in [2.45, 2.75) is 6.92 Å². The highest BCUT2D eigenvalue weighted by Crippen LogP contribution is 2.31. The number of nitriles is 1. The maximum absolute atomic E-state index is 8.93. The summed E-state index contributed by atoms with van der Waals surface area (Å²) in [7, 11) is 0. The van der Waals surface area contributed by atoms with Crippen LogP contribution in [0.4, 0.5) is 5.69 Å². The molecule has 1 N–H and O–H groups in total. The van der Waals surface area contributed by atoms with E-state index in [1.807, 2.05) is 13.0 Å². The maximum Gasteiger partial charge on any atom is 0.0994 e. The van der Waals surface area contributed by atoms with Crippen LogP contribution < -0.4 is 10.2 Å². The number of aryl methyl sites for hydroxylation is 1.